The molecule has 0 radical (unpaired) electrons. The molecule has 762 valence electrons. The number of nitrogens with two attached hydrogens (primary N) is 1. The van der Waals surface area contributed by atoms with Crippen LogP contribution in [0.5, 0.6) is 0 Å². The number of hydrogen-bond donors (Lipinski definition) is 3. The molecule has 0 fully saturated rings. The third-order valence-electron chi connectivity index (χ3n) is 25.8. The first-order valence-electron chi connectivity index (χ1n) is 49.7. The van der Waals surface area contributed by atoms with E-state index in [1.54, 1.807) is 19.1 Å². The molecule has 5 aliphatic rings. The molecule has 11 aromatic carbocycles. The second-order valence-electron chi connectivity index (χ2n) is 39.9. The summed E-state index contributed by atoms with van der Waals surface area (Å²) in [5.74, 6) is 2.05. The van der Waals surface area contributed by atoms with Crippen LogP contribution in [-0.2, 0) is 78.5 Å². The number of aryl methyl sites for hydroxylation is 5. The van der Waals surface area contributed by atoms with Crippen molar-refractivity contribution in [3.63, 3.8) is 0 Å². The van der Waals surface area contributed by atoms with Gasteiger partial charge in [-0.1, -0.05) is 185 Å². The molecule has 0 saturated carbocycles. The average molecular weight is 1980 g/mol. The number of carboxylic acids is 1. The highest BCUT2D eigenvalue weighted by atomic mass is 16.6. The van der Waals surface area contributed by atoms with E-state index in [0.717, 1.165) is 136 Å². The Morgan fingerprint density at radius 3 is 1.16 bits per heavy atom. The van der Waals surface area contributed by atoms with E-state index >= 15 is 0 Å². The van der Waals surface area contributed by atoms with Gasteiger partial charge >= 0.3 is 11.9 Å². The summed E-state index contributed by atoms with van der Waals surface area (Å²) >= 11 is 0. The average Bonchev–Trinajstić information content (AvgIpc) is 1.67. The van der Waals surface area contributed by atoms with Crippen LogP contribution in [-0.4, -0.2) is 149 Å². The number of ether oxygens (including phenoxy) is 6. The number of carbonyl (C=O) groups excluding carboxylic acids is 2. The highest BCUT2D eigenvalue weighted by Gasteiger charge is 2.34. The zero-order valence-corrected chi connectivity index (χ0v) is 87.8. The number of methoxy groups -OCH3 is 1. The molecule has 9 heterocycles. The summed E-state index contributed by atoms with van der Waals surface area (Å²) in [6, 6.07) is 86.0. The smallest absolute Gasteiger partial charge is 0.336 e. The van der Waals surface area contributed by atoms with E-state index < -0.39 is 10.9 Å². The summed E-state index contributed by atoms with van der Waals surface area (Å²) in [4.78, 5) is 79.8. The quantitative estimate of drug-likeness (QED) is 0.0150. The van der Waals surface area contributed by atoms with E-state index in [-0.39, 0.29) is 61.1 Å². The maximum Gasteiger partial charge on any atom is 0.336 e. The number of nitrogens with zero attached hydrogens (tertiary/aromatic N) is 10. The summed E-state index contributed by atoms with van der Waals surface area (Å²) in [7, 11) is 1.39. The molecule has 0 amide bonds. The molecule has 0 spiro atoms. The van der Waals surface area contributed by atoms with Gasteiger partial charge in [-0.15, -0.1) is 0 Å². The van der Waals surface area contributed by atoms with E-state index in [2.05, 4.69) is 304 Å². The number of aliphatic imine (C=N–C) groups is 5. The lowest BCUT2D eigenvalue weighted by Gasteiger charge is -2.10. The number of aromatic amines is 1. The van der Waals surface area contributed by atoms with Crippen LogP contribution in [0.15, 0.2) is 292 Å². The first-order valence-corrected chi connectivity index (χ1v) is 49.7. The van der Waals surface area contributed by atoms with Crippen molar-refractivity contribution >= 4 is 114 Å². The van der Waals surface area contributed by atoms with Crippen molar-refractivity contribution < 1.29 is 57.8 Å². The molecule has 26 nitrogen and oxygen atoms in total. The number of nitro benzene ring substituents is 2. The van der Waals surface area contributed by atoms with Gasteiger partial charge < -0.3 is 57.9 Å². The number of aromatic carboxylic acids is 1. The summed E-state index contributed by atoms with van der Waals surface area (Å²) in [5.41, 5.74) is 30.7. The number of H-pyrrole nitrogens is 1. The molecule has 4 N–H and O–H groups in total. The van der Waals surface area contributed by atoms with Gasteiger partial charge in [0.25, 0.3) is 11.4 Å². The van der Waals surface area contributed by atoms with Gasteiger partial charge in [-0.3, -0.25) is 25.0 Å². The number of hydrogen-bond acceptors (Lipinski definition) is 19. The summed E-state index contributed by atoms with van der Waals surface area (Å²) in [5, 5.41) is 34.5. The van der Waals surface area contributed by atoms with Gasteiger partial charge in [0.15, 0.2) is 6.29 Å². The topological polar surface area (TPSA) is 332 Å². The fourth-order valence-electron chi connectivity index (χ4n) is 17.6. The third kappa shape index (κ3) is 27.1. The fraction of sp³-hybridized carbons (Fsp3) is 0.306. The Bertz CT molecular complexity index is 7380. The van der Waals surface area contributed by atoms with Crippen molar-refractivity contribution in [3.8, 4) is 0 Å². The number of fused-ring (bicyclic) bond motifs is 4. The fourth-order valence-corrected chi connectivity index (χ4v) is 17.6. The van der Waals surface area contributed by atoms with Crippen molar-refractivity contribution in [3.05, 3.63) is 399 Å². The Labute approximate surface area is 860 Å². The number of anilines is 1. The van der Waals surface area contributed by atoms with Crippen molar-refractivity contribution in [2.24, 2.45) is 25.0 Å². The van der Waals surface area contributed by atoms with Gasteiger partial charge in [-0.25, -0.2) is 34.6 Å². The molecule has 4 aromatic heterocycles. The normalized spacial score (nSPS) is 14.9. The second-order valence-corrected chi connectivity index (χ2v) is 39.9. The Morgan fingerprint density at radius 2 is 0.755 bits per heavy atom. The van der Waals surface area contributed by atoms with E-state index in [1.807, 2.05) is 87.5 Å². The van der Waals surface area contributed by atoms with Gasteiger partial charge in [0.2, 0.25) is 29.5 Å². The summed E-state index contributed by atoms with van der Waals surface area (Å²) < 4.78 is 40.1. The Balaban J connectivity index is 0.000000142. The first kappa shape index (κ1) is 108. The molecule has 20 rings (SSSR count). The summed E-state index contributed by atoms with van der Waals surface area (Å²) in [6.45, 7) is 44.3. The molecule has 15 aromatic rings. The van der Waals surface area contributed by atoms with E-state index in [9.17, 15) is 34.6 Å². The van der Waals surface area contributed by atoms with Crippen LogP contribution >= 0.6 is 0 Å². The molecular formula is C121H134N12O14. The van der Waals surface area contributed by atoms with E-state index in [1.165, 1.54) is 117 Å². The minimum Gasteiger partial charge on any atom is -0.478 e. The summed E-state index contributed by atoms with van der Waals surface area (Å²) in [6.07, 6.45) is 8.15. The highest BCUT2D eigenvalue weighted by Crippen LogP contribution is 2.36. The van der Waals surface area contributed by atoms with Crippen LogP contribution in [0, 0.1) is 54.8 Å². The van der Waals surface area contributed by atoms with E-state index in [4.69, 9.17) is 39.5 Å². The molecule has 0 aliphatic carbocycles. The highest BCUT2D eigenvalue weighted by molar-refractivity contribution is 6.09. The lowest BCUT2D eigenvalue weighted by Crippen LogP contribution is -2.17. The monoisotopic (exact) mass is 1980 g/mol. The van der Waals surface area contributed by atoms with Gasteiger partial charge in [0.05, 0.1) is 50.2 Å². The number of benzene rings is 11. The SMILES string of the molecule is CCc1cc2c(/C=C/C(=O)OC)cccc2n1Cc1ccccc1.CCc1cc2c(C3=NC(C)(C)CO3)cccc2[nH]1.CCc1cc2c(C3=NC(C)(C)CO3)cccc2n1Cc1ccccc1.CCc1cc2c(C=O)cccc2n1Cc1ccccc1.Cc1c(C(=O)O)cccc1[N+](=O)[O-].Cc1c(C2=NC(C)(C)CO2)cccc1[N+](=O)[O-].Cc1c(N)cccc1C1=NC(C)(C)CO1.Cc1cccc(C2=NC(C)(C)CO2)c1C. The lowest BCUT2D eigenvalue weighted by molar-refractivity contribution is -0.385. The maximum absolute atomic E-state index is 11.4. The lowest BCUT2D eigenvalue weighted by atomic mass is 10.0. The first-order chi connectivity index (χ1) is 70.1. The van der Waals surface area contributed by atoms with Gasteiger partial charge in [0, 0.05) is 154 Å². The predicted molar refractivity (Wildman–Crippen MR) is 592 cm³/mol. The van der Waals surface area contributed by atoms with Crippen LogP contribution in [0.3, 0.4) is 0 Å². The minimum absolute atomic E-state index is 0.0331. The third-order valence-corrected chi connectivity index (χ3v) is 25.8. The number of nitrogen functional groups attached to an aromatic ring is 1. The Hall–Kier alpha value is -16.1. The number of nitrogens with one attached hydrogen (secondary N) is 1. The van der Waals surface area contributed by atoms with Crippen LogP contribution < -0.4 is 5.73 Å². The zero-order valence-electron chi connectivity index (χ0n) is 87.8. The van der Waals surface area contributed by atoms with Crippen molar-refractivity contribution in [2.45, 2.75) is 205 Å². The number of aldehydes is 1. The second kappa shape index (κ2) is 47.6. The minimum atomic E-state index is -1.15. The largest absolute Gasteiger partial charge is 0.478 e. The molecule has 26 heteroatoms. The van der Waals surface area contributed by atoms with Gasteiger partial charge in [-0.2, -0.15) is 0 Å². The number of nitro groups is 2. The molecular weight excluding hydrogens is 1850 g/mol. The van der Waals surface area contributed by atoms with Crippen molar-refractivity contribution in [1.29, 1.82) is 0 Å². The van der Waals surface area contributed by atoms with E-state index in [0.29, 0.717) is 56.0 Å². The number of carbonyl (C=O) groups is 3. The molecule has 0 atom stereocenters. The standard InChI is InChI=1S/C22H24N2O.C21H21NO2.C18H17NO.C15H18N2O.C13H17NO.C12H14N2O3.C12H16N2O.C8H7NO4/c1-4-17-13-19-18(21-23-22(2,3)15-25-21)11-8-12-20(19)24(17)14-16-9-6-5-7-10-16;1-3-18-14-19-17(12-13-21(23)24-2)10-7-11-20(19)22(18)15-16-8-5-4-6-9-16;1-2-16-11-17-15(13-20)9-6-10-18(17)19(16)12-14-7-4-3-5-8-14;1-4-10-8-12-11(6-5-7-13(12)16-10)14-17-15(2,3)9-18-14;1-9-6-5-7-11(10(9)2)12-14-13(3,4)8-15-12;1-8-9(5-4-6-10(8)14(15)16)11-13-12(2,3)7-17-11;1-8-9(5-4-6-10(8)13)11-14-12(2,3)7-15-11;1-5-6(8(10)11)3-2-4-7(5)9(12)13/h5-13H,4,14-15H2,1-3H3;4-14H,3,15H2,1-2H3;3-11,13H,2,12H2,1H3;5-8,16H,4,9H2,1-3H3;5-7H,8H2,1-4H3;4-6H,7H2,1-3H3;4-6H,7,13H2,1-3H3;2-4H,1H3,(H,10,11)/b;13-12+;;;;;;. The molecule has 147 heavy (non-hydrogen) atoms. The van der Waals surface area contributed by atoms with Crippen LogP contribution in [0.2, 0.25) is 0 Å². The van der Waals surface area contributed by atoms with Crippen LogP contribution in [0.1, 0.15) is 218 Å². The Morgan fingerprint density at radius 1 is 0.408 bits per heavy atom. The van der Waals surface area contributed by atoms with Gasteiger partial charge in [-0.05, 0) is 266 Å². The molecule has 0 saturated heterocycles. The Kier molecular flexibility index (Phi) is 35.0. The number of rotatable bonds is 21. The zero-order chi connectivity index (χ0) is 106. The molecule has 5 aliphatic heterocycles. The number of carboxylic acid groups (broad SMARTS) is 1. The predicted octanol–water partition coefficient (Wildman–Crippen LogP) is 25.6. The van der Waals surface area contributed by atoms with Crippen molar-refractivity contribution in [1.82, 2.24) is 18.7 Å². The number of aromatic nitrogens is 4. The van der Waals surface area contributed by atoms with Crippen LogP contribution in [0.25, 0.3) is 49.7 Å². The molecule has 0 unspecified atom stereocenters. The number of esters is 1. The van der Waals surface area contributed by atoms with Crippen molar-refractivity contribution in [2.75, 3.05) is 45.9 Å². The molecule has 0 bridgehead atoms. The van der Waals surface area contributed by atoms with Gasteiger partial charge in [0.1, 0.15) is 33.0 Å². The maximum atomic E-state index is 11.4. The van der Waals surface area contributed by atoms with Crippen LogP contribution in [0.4, 0.5) is 17.1 Å².